The van der Waals surface area contributed by atoms with Crippen molar-refractivity contribution in [2.75, 3.05) is 44.6 Å². The number of nitrogens with zero attached hydrogens (tertiary/aromatic N) is 2. The third-order valence-corrected chi connectivity index (χ3v) is 5.48. The van der Waals surface area contributed by atoms with Crippen LogP contribution in [-0.4, -0.2) is 49.2 Å². The maximum absolute atomic E-state index is 4.32. The molecule has 1 aromatic carbocycles. The highest BCUT2D eigenvalue weighted by Crippen LogP contribution is 2.11. The molecule has 1 aliphatic heterocycles. The van der Waals surface area contributed by atoms with Gasteiger partial charge >= 0.3 is 0 Å². The van der Waals surface area contributed by atoms with E-state index in [0.717, 1.165) is 45.1 Å². The first-order chi connectivity index (χ1) is 14.4. The molecule has 0 bridgehead atoms. The SMILES string of the molecule is c1ccc(NCc2ccc(CN3CCCCCCCNCCNCC3)cc2)nc1. The normalized spacial score (nSPS) is 18.1. The minimum Gasteiger partial charge on any atom is -0.366 e. The average Bonchev–Trinajstić information content (AvgIpc) is 2.76. The predicted molar refractivity (Wildman–Crippen MR) is 122 cm³/mol. The van der Waals surface area contributed by atoms with Crippen LogP contribution >= 0.6 is 0 Å². The van der Waals surface area contributed by atoms with Gasteiger partial charge in [-0.05, 0) is 49.2 Å². The summed E-state index contributed by atoms with van der Waals surface area (Å²) in [7, 11) is 0. The summed E-state index contributed by atoms with van der Waals surface area (Å²) in [5.41, 5.74) is 2.68. The number of benzene rings is 1. The molecule has 0 unspecified atom stereocenters. The van der Waals surface area contributed by atoms with Crippen molar-refractivity contribution >= 4 is 5.82 Å². The lowest BCUT2D eigenvalue weighted by molar-refractivity contribution is 0.257. The zero-order valence-corrected chi connectivity index (χ0v) is 17.7. The lowest BCUT2D eigenvalue weighted by atomic mass is 10.1. The minimum absolute atomic E-state index is 0.805. The second-order valence-electron chi connectivity index (χ2n) is 7.93. The van der Waals surface area contributed by atoms with Crippen LogP contribution in [0.3, 0.4) is 0 Å². The van der Waals surface area contributed by atoms with Gasteiger partial charge in [0.2, 0.25) is 0 Å². The summed E-state index contributed by atoms with van der Waals surface area (Å²) in [4.78, 5) is 6.92. The van der Waals surface area contributed by atoms with Gasteiger partial charge in [0.25, 0.3) is 0 Å². The number of hydrogen-bond acceptors (Lipinski definition) is 5. The summed E-state index contributed by atoms with van der Waals surface area (Å²) in [6, 6.07) is 15.0. The molecule has 5 heteroatoms. The number of pyridine rings is 1. The molecule has 158 valence electrons. The zero-order chi connectivity index (χ0) is 20.0. The van der Waals surface area contributed by atoms with Crippen molar-refractivity contribution < 1.29 is 0 Å². The van der Waals surface area contributed by atoms with Crippen molar-refractivity contribution in [3.05, 3.63) is 59.8 Å². The fourth-order valence-electron chi connectivity index (χ4n) is 3.73. The van der Waals surface area contributed by atoms with Crippen LogP contribution in [-0.2, 0) is 13.1 Å². The third kappa shape index (κ3) is 8.94. The van der Waals surface area contributed by atoms with Gasteiger partial charge in [-0.25, -0.2) is 4.98 Å². The molecule has 0 radical (unpaired) electrons. The fourth-order valence-corrected chi connectivity index (χ4v) is 3.73. The number of rotatable bonds is 5. The first kappa shape index (κ1) is 21.8. The average molecular weight is 396 g/mol. The van der Waals surface area contributed by atoms with E-state index in [0.29, 0.717) is 0 Å². The van der Waals surface area contributed by atoms with E-state index in [4.69, 9.17) is 0 Å². The number of anilines is 1. The maximum atomic E-state index is 4.32. The highest BCUT2D eigenvalue weighted by atomic mass is 15.1. The Morgan fingerprint density at radius 3 is 2.34 bits per heavy atom. The molecule has 0 amide bonds. The molecule has 3 N–H and O–H groups in total. The second-order valence-corrected chi connectivity index (χ2v) is 7.93. The van der Waals surface area contributed by atoms with Crippen LogP contribution in [0.1, 0.15) is 43.2 Å². The van der Waals surface area contributed by atoms with Gasteiger partial charge < -0.3 is 16.0 Å². The van der Waals surface area contributed by atoms with E-state index < -0.39 is 0 Å². The van der Waals surface area contributed by atoms with Gasteiger partial charge in [0.05, 0.1) is 0 Å². The summed E-state index contributed by atoms with van der Waals surface area (Å²) in [6.07, 6.45) is 8.50. The van der Waals surface area contributed by atoms with Gasteiger partial charge in [-0.2, -0.15) is 0 Å². The van der Waals surface area contributed by atoms with Gasteiger partial charge in [-0.3, -0.25) is 4.90 Å². The summed E-state index contributed by atoms with van der Waals surface area (Å²) in [5.74, 6) is 0.921. The molecule has 2 heterocycles. The molecule has 1 aromatic heterocycles. The van der Waals surface area contributed by atoms with Crippen LogP contribution in [0, 0.1) is 0 Å². The first-order valence-corrected chi connectivity index (χ1v) is 11.3. The highest BCUT2D eigenvalue weighted by molar-refractivity contribution is 5.35. The molecule has 1 saturated heterocycles. The summed E-state index contributed by atoms with van der Waals surface area (Å²) >= 11 is 0. The lowest BCUT2D eigenvalue weighted by Gasteiger charge is -2.23. The molecule has 0 atom stereocenters. The van der Waals surface area contributed by atoms with E-state index in [1.165, 1.54) is 56.3 Å². The van der Waals surface area contributed by atoms with Crippen molar-refractivity contribution in [3.8, 4) is 0 Å². The molecule has 1 aliphatic rings. The Balaban J connectivity index is 1.46. The Labute approximate surface area is 176 Å². The summed E-state index contributed by atoms with van der Waals surface area (Å²) in [6.45, 7) is 8.52. The molecule has 0 spiro atoms. The van der Waals surface area contributed by atoms with Crippen molar-refractivity contribution in [3.63, 3.8) is 0 Å². The topological polar surface area (TPSA) is 52.2 Å². The van der Waals surface area contributed by atoms with E-state index in [-0.39, 0.29) is 0 Å². The monoisotopic (exact) mass is 395 g/mol. The van der Waals surface area contributed by atoms with E-state index in [2.05, 4.69) is 50.1 Å². The van der Waals surface area contributed by atoms with E-state index in [9.17, 15) is 0 Å². The number of aromatic nitrogens is 1. The molecule has 5 nitrogen and oxygen atoms in total. The van der Waals surface area contributed by atoms with E-state index in [1.807, 2.05) is 24.4 Å². The fraction of sp³-hybridized carbons (Fsp3) is 0.542. The van der Waals surface area contributed by atoms with Gasteiger partial charge in [-0.1, -0.05) is 49.6 Å². The van der Waals surface area contributed by atoms with Crippen molar-refractivity contribution in [2.24, 2.45) is 0 Å². The second kappa shape index (κ2) is 13.3. The quantitative estimate of drug-likeness (QED) is 0.722. The van der Waals surface area contributed by atoms with Crippen LogP contribution in [0.5, 0.6) is 0 Å². The molecule has 29 heavy (non-hydrogen) atoms. The smallest absolute Gasteiger partial charge is 0.126 e. The van der Waals surface area contributed by atoms with Crippen molar-refractivity contribution in [1.82, 2.24) is 20.5 Å². The van der Waals surface area contributed by atoms with Crippen LogP contribution in [0.4, 0.5) is 5.82 Å². The van der Waals surface area contributed by atoms with Crippen LogP contribution < -0.4 is 16.0 Å². The molecule has 2 aromatic rings. The molecular weight excluding hydrogens is 358 g/mol. The van der Waals surface area contributed by atoms with Crippen LogP contribution in [0.25, 0.3) is 0 Å². The predicted octanol–water partition coefficient (Wildman–Crippen LogP) is 3.64. The lowest BCUT2D eigenvalue weighted by Crippen LogP contribution is -2.35. The van der Waals surface area contributed by atoms with E-state index in [1.54, 1.807) is 0 Å². The maximum Gasteiger partial charge on any atom is 0.126 e. The molecule has 1 fully saturated rings. The first-order valence-electron chi connectivity index (χ1n) is 11.3. The Hall–Kier alpha value is -1.95. The molecular formula is C24H37N5. The minimum atomic E-state index is 0.805. The molecule has 3 rings (SSSR count). The Bertz CT molecular complexity index is 645. The van der Waals surface area contributed by atoms with Crippen LogP contribution in [0.15, 0.2) is 48.7 Å². The van der Waals surface area contributed by atoms with Gasteiger partial charge in [0, 0.05) is 45.5 Å². The Morgan fingerprint density at radius 1 is 0.759 bits per heavy atom. The summed E-state index contributed by atoms with van der Waals surface area (Å²) < 4.78 is 0. The van der Waals surface area contributed by atoms with E-state index >= 15 is 0 Å². The highest BCUT2D eigenvalue weighted by Gasteiger charge is 2.07. The van der Waals surface area contributed by atoms with Gasteiger partial charge in [-0.15, -0.1) is 0 Å². The third-order valence-electron chi connectivity index (χ3n) is 5.48. The van der Waals surface area contributed by atoms with Crippen LogP contribution in [0.2, 0.25) is 0 Å². The number of nitrogens with one attached hydrogen (secondary N) is 3. The Morgan fingerprint density at radius 2 is 1.52 bits per heavy atom. The molecule has 0 saturated carbocycles. The largest absolute Gasteiger partial charge is 0.366 e. The van der Waals surface area contributed by atoms with Gasteiger partial charge in [0.15, 0.2) is 0 Å². The number of hydrogen-bond donors (Lipinski definition) is 3. The zero-order valence-electron chi connectivity index (χ0n) is 17.7. The standard InChI is InChI=1S/C24H37N5/c1-2-5-13-25-15-16-26-17-19-29(18-7-3-1)21-23-11-9-22(10-12-23)20-28-24-8-4-6-14-27-24/h4,6,8-12,14,25-26H,1-3,5,7,13,15-21H2,(H,27,28). The van der Waals surface area contributed by atoms with Crippen molar-refractivity contribution in [1.29, 1.82) is 0 Å². The van der Waals surface area contributed by atoms with Crippen molar-refractivity contribution in [2.45, 2.75) is 45.2 Å². The Kier molecular flexibility index (Phi) is 9.98. The molecule has 0 aliphatic carbocycles. The van der Waals surface area contributed by atoms with Gasteiger partial charge in [0.1, 0.15) is 5.82 Å². The summed E-state index contributed by atoms with van der Waals surface area (Å²) in [5, 5.41) is 10.5.